The van der Waals surface area contributed by atoms with Crippen LogP contribution in [0.5, 0.6) is 0 Å². The van der Waals surface area contributed by atoms with Gasteiger partial charge in [0.15, 0.2) is 5.65 Å². The quantitative estimate of drug-likeness (QED) is 0.644. The Labute approximate surface area is 170 Å². The average molecular weight is 396 g/mol. The maximum absolute atomic E-state index is 12.4. The van der Waals surface area contributed by atoms with Crippen LogP contribution in [-0.2, 0) is 16.0 Å². The summed E-state index contributed by atoms with van der Waals surface area (Å²) in [5.74, 6) is -0.312. The zero-order valence-corrected chi connectivity index (χ0v) is 17.7. The molecule has 3 rings (SSSR count). The van der Waals surface area contributed by atoms with Crippen LogP contribution in [0.4, 0.5) is 0 Å². The summed E-state index contributed by atoms with van der Waals surface area (Å²) < 4.78 is 1.85. The summed E-state index contributed by atoms with van der Waals surface area (Å²) >= 11 is 0. The predicted octanol–water partition coefficient (Wildman–Crippen LogP) is 2.85. The molecule has 3 aromatic rings. The first-order valence-electron chi connectivity index (χ1n) is 10.1. The van der Waals surface area contributed by atoms with Crippen molar-refractivity contribution in [1.82, 2.24) is 25.2 Å². The number of nitrogens with one attached hydrogen (secondary N) is 2. The van der Waals surface area contributed by atoms with Crippen molar-refractivity contribution in [2.24, 2.45) is 0 Å². The third-order valence-corrected chi connectivity index (χ3v) is 5.39. The molecule has 0 aliphatic carbocycles. The van der Waals surface area contributed by atoms with Crippen LogP contribution in [0.1, 0.15) is 50.6 Å². The Balaban J connectivity index is 1.71. The van der Waals surface area contributed by atoms with Crippen molar-refractivity contribution in [1.29, 1.82) is 0 Å². The van der Waals surface area contributed by atoms with Crippen LogP contribution >= 0.6 is 0 Å². The number of benzene rings is 1. The summed E-state index contributed by atoms with van der Waals surface area (Å²) in [6.07, 6.45) is 1.68. The van der Waals surface area contributed by atoms with Crippen molar-refractivity contribution in [3.8, 4) is 0 Å². The second-order valence-corrected chi connectivity index (χ2v) is 7.62. The second-order valence-electron chi connectivity index (χ2n) is 7.62. The van der Waals surface area contributed by atoms with Gasteiger partial charge in [0.25, 0.3) is 0 Å². The standard InChI is InChI=1S/C22H29N5O2/c1-6-13(2)23-22(29)15(4)24-20(28)12-11-17-14(3)25-21-18-9-7-8-10-19(18)26-27(21)16(17)5/h7-10,13,15H,6,11-12H2,1-5H3,(H,23,29)(H,24,28). The summed E-state index contributed by atoms with van der Waals surface area (Å²) in [5, 5.41) is 11.3. The van der Waals surface area contributed by atoms with Crippen molar-refractivity contribution >= 4 is 28.4 Å². The van der Waals surface area contributed by atoms with E-state index in [9.17, 15) is 9.59 Å². The molecule has 2 unspecified atom stereocenters. The van der Waals surface area contributed by atoms with Crippen LogP contribution in [0.25, 0.3) is 16.6 Å². The number of hydrogen-bond donors (Lipinski definition) is 2. The Morgan fingerprint density at radius 3 is 2.59 bits per heavy atom. The average Bonchev–Trinajstić information content (AvgIpc) is 3.06. The van der Waals surface area contributed by atoms with Gasteiger partial charge < -0.3 is 10.6 Å². The van der Waals surface area contributed by atoms with E-state index in [1.54, 1.807) is 6.92 Å². The molecule has 0 aliphatic heterocycles. The fraction of sp³-hybridized carbons (Fsp3) is 0.455. The van der Waals surface area contributed by atoms with Crippen LogP contribution in [0.15, 0.2) is 24.3 Å². The van der Waals surface area contributed by atoms with Crippen LogP contribution < -0.4 is 10.6 Å². The summed E-state index contributed by atoms with van der Waals surface area (Å²) in [6.45, 7) is 9.62. The predicted molar refractivity (Wildman–Crippen MR) is 114 cm³/mol. The Morgan fingerprint density at radius 1 is 1.14 bits per heavy atom. The van der Waals surface area contributed by atoms with Gasteiger partial charge in [-0.05, 0) is 58.2 Å². The van der Waals surface area contributed by atoms with Crippen molar-refractivity contribution in [3.63, 3.8) is 0 Å². The van der Waals surface area contributed by atoms with Crippen molar-refractivity contribution in [3.05, 3.63) is 41.2 Å². The largest absolute Gasteiger partial charge is 0.352 e. The maximum atomic E-state index is 12.4. The molecule has 7 nitrogen and oxygen atoms in total. The molecule has 1 aromatic carbocycles. The molecule has 0 fully saturated rings. The molecule has 0 radical (unpaired) electrons. The highest BCUT2D eigenvalue weighted by atomic mass is 16.2. The lowest BCUT2D eigenvalue weighted by Gasteiger charge is -2.17. The second kappa shape index (κ2) is 8.59. The van der Waals surface area contributed by atoms with E-state index >= 15 is 0 Å². The molecule has 2 N–H and O–H groups in total. The van der Waals surface area contributed by atoms with Crippen molar-refractivity contribution < 1.29 is 9.59 Å². The first kappa shape index (κ1) is 20.8. The van der Waals surface area contributed by atoms with Gasteiger partial charge in [-0.15, -0.1) is 0 Å². The number of nitrogens with zero attached hydrogens (tertiary/aromatic N) is 3. The molecule has 2 amide bonds. The number of aromatic nitrogens is 3. The zero-order chi connectivity index (χ0) is 21.1. The molecule has 154 valence electrons. The van der Waals surface area contributed by atoms with E-state index in [0.717, 1.165) is 39.9 Å². The number of hydrogen-bond acceptors (Lipinski definition) is 4. The van der Waals surface area contributed by atoms with Gasteiger partial charge in [-0.1, -0.05) is 19.1 Å². The molecular weight excluding hydrogens is 366 g/mol. The molecule has 0 saturated heterocycles. The lowest BCUT2D eigenvalue weighted by atomic mass is 10.1. The van der Waals surface area contributed by atoms with Crippen molar-refractivity contribution in [2.45, 2.75) is 66.0 Å². The smallest absolute Gasteiger partial charge is 0.242 e. The Hall–Kier alpha value is -2.96. The van der Waals surface area contributed by atoms with Crippen LogP contribution in [-0.4, -0.2) is 38.5 Å². The van der Waals surface area contributed by atoms with Gasteiger partial charge in [-0.2, -0.15) is 5.10 Å². The number of carbonyl (C=O) groups is 2. The van der Waals surface area contributed by atoms with Gasteiger partial charge in [0, 0.05) is 29.2 Å². The summed E-state index contributed by atoms with van der Waals surface area (Å²) in [6, 6.07) is 7.46. The van der Waals surface area contributed by atoms with E-state index in [1.807, 2.05) is 56.5 Å². The summed E-state index contributed by atoms with van der Waals surface area (Å²) in [5.41, 5.74) is 4.63. The van der Waals surface area contributed by atoms with Gasteiger partial charge >= 0.3 is 0 Å². The number of amides is 2. The van der Waals surface area contributed by atoms with Gasteiger partial charge in [0.1, 0.15) is 6.04 Å². The molecule has 0 aliphatic rings. The minimum Gasteiger partial charge on any atom is -0.352 e. The van der Waals surface area contributed by atoms with E-state index < -0.39 is 6.04 Å². The van der Waals surface area contributed by atoms with Crippen LogP contribution in [0.3, 0.4) is 0 Å². The zero-order valence-electron chi connectivity index (χ0n) is 17.7. The minimum absolute atomic E-state index is 0.0922. The lowest BCUT2D eigenvalue weighted by molar-refractivity contribution is -0.128. The fourth-order valence-electron chi connectivity index (χ4n) is 3.43. The molecule has 29 heavy (non-hydrogen) atoms. The Bertz CT molecular complexity index is 1060. The van der Waals surface area contributed by atoms with Gasteiger partial charge in [0.2, 0.25) is 11.8 Å². The molecule has 2 atom stereocenters. The topological polar surface area (TPSA) is 88.4 Å². The lowest BCUT2D eigenvalue weighted by Crippen LogP contribution is -2.47. The van der Waals surface area contributed by atoms with Gasteiger partial charge in [-0.3, -0.25) is 9.59 Å². The third-order valence-electron chi connectivity index (χ3n) is 5.39. The first-order valence-corrected chi connectivity index (χ1v) is 10.1. The van der Waals surface area contributed by atoms with Crippen LogP contribution in [0.2, 0.25) is 0 Å². The Kier molecular flexibility index (Phi) is 6.15. The van der Waals surface area contributed by atoms with E-state index in [1.165, 1.54) is 0 Å². The van der Waals surface area contributed by atoms with E-state index in [2.05, 4.69) is 15.7 Å². The van der Waals surface area contributed by atoms with E-state index in [-0.39, 0.29) is 24.3 Å². The highest BCUT2D eigenvalue weighted by Crippen LogP contribution is 2.22. The number of rotatable bonds is 7. The number of carbonyl (C=O) groups excluding carboxylic acids is 2. The first-order chi connectivity index (χ1) is 13.8. The van der Waals surface area contributed by atoms with E-state index in [4.69, 9.17) is 4.98 Å². The molecule has 7 heteroatoms. The van der Waals surface area contributed by atoms with Crippen LogP contribution in [0, 0.1) is 13.8 Å². The summed E-state index contributed by atoms with van der Waals surface area (Å²) in [4.78, 5) is 29.2. The normalized spacial score (nSPS) is 13.4. The summed E-state index contributed by atoms with van der Waals surface area (Å²) in [7, 11) is 0. The third kappa shape index (κ3) is 4.39. The minimum atomic E-state index is -0.560. The monoisotopic (exact) mass is 395 g/mol. The molecule has 2 heterocycles. The number of aryl methyl sites for hydroxylation is 2. The molecule has 0 spiro atoms. The fourth-order valence-corrected chi connectivity index (χ4v) is 3.43. The molecular formula is C22H29N5O2. The number of fused-ring (bicyclic) bond motifs is 3. The highest BCUT2D eigenvalue weighted by Gasteiger charge is 2.18. The molecule has 2 aromatic heterocycles. The van der Waals surface area contributed by atoms with Gasteiger partial charge in [-0.25, -0.2) is 9.50 Å². The maximum Gasteiger partial charge on any atom is 0.242 e. The van der Waals surface area contributed by atoms with E-state index in [0.29, 0.717) is 6.42 Å². The van der Waals surface area contributed by atoms with Crippen molar-refractivity contribution in [2.75, 3.05) is 0 Å². The Morgan fingerprint density at radius 2 is 1.86 bits per heavy atom. The SMILES string of the molecule is CCC(C)NC(=O)C(C)NC(=O)CCc1c(C)nc2c3ccccc3nn2c1C. The van der Waals surface area contributed by atoms with Gasteiger partial charge in [0.05, 0.1) is 5.52 Å². The molecule has 0 saturated carbocycles. The molecule has 0 bridgehead atoms. The highest BCUT2D eigenvalue weighted by molar-refractivity contribution is 5.92.